The highest BCUT2D eigenvalue weighted by molar-refractivity contribution is 7.10. The largest absolute Gasteiger partial charge is 0.461 e. The molecule has 0 radical (unpaired) electrons. The molecule has 110 valence electrons. The van der Waals surface area contributed by atoms with Gasteiger partial charge in [0.1, 0.15) is 11.3 Å². The quantitative estimate of drug-likeness (QED) is 0.692. The number of hydrogen-bond acceptors (Lipinski definition) is 3. The van der Waals surface area contributed by atoms with Gasteiger partial charge < -0.3 is 9.73 Å². The Kier molecular flexibility index (Phi) is 4.13. The summed E-state index contributed by atoms with van der Waals surface area (Å²) in [6.45, 7) is 7.41. The van der Waals surface area contributed by atoms with Gasteiger partial charge in [0.25, 0.3) is 0 Å². The molecule has 0 fully saturated rings. The van der Waals surface area contributed by atoms with Crippen LogP contribution in [0.5, 0.6) is 0 Å². The summed E-state index contributed by atoms with van der Waals surface area (Å²) in [7, 11) is 0. The molecule has 1 aromatic carbocycles. The van der Waals surface area contributed by atoms with E-state index >= 15 is 0 Å². The Morgan fingerprint density at radius 2 is 1.95 bits per heavy atom. The van der Waals surface area contributed by atoms with Gasteiger partial charge in [-0.25, -0.2) is 0 Å². The molecular weight excluding hydrogens is 278 g/mol. The molecule has 3 heteroatoms. The van der Waals surface area contributed by atoms with E-state index in [1.807, 2.05) is 30.4 Å². The minimum absolute atomic E-state index is 0.387. The zero-order chi connectivity index (χ0) is 14.8. The van der Waals surface area contributed by atoms with E-state index in [1.54, 1.807) is 0 Å². The molecule has 3 aromatic rings. The monoisotopic (exact) mass is 299 g/mol. The molecule has 1 unspecified atom stereocenters. The Balaban J connectivity index is 1.83. The summed E-state index contributed by atoms with van der Waals surface area (Å²) >= 11 is 1.82. The molecule has 0 bridgehead atoms. The van der Waals surface area contributed by atoms with Gasteiger partial charge in [-0.05, 0) is 30.4 Å². The van der Waals surface area contributed by atoms with E-state index in [1.165, 1.54) is 15.8 Å². The topological polar surface area (TPSA) is 25.2 Å². The van der Waals surface area contributed by atoms with Crippen molar-refractivity contribution in [3.8, 4) is 0 Å². The molecule has 0 aliphatic heterocycles. The zero-order valence-corrected chi connectivity index (χ0v) is 13.5. The lowest BCUT2D eigenvalue weighted by Crippen LogP contribution is -2.24. The number of nitrogens with one attached hydrogen (secondary N) is 1. The first-order chi connectivity index (χ1) is 10.2. The maximum Gasteiger partial charge on any atom is 0.134 e. The van der Waals surface area contributed by atoms with Gasteiger partial charge in [0, 0.05) is 28.4 Å². The summed E-state index contributed by atoms with van der Waals surface area (Å²) in [5, 5.41) is 7.07. The van der Waals surface area contributed by atoms with E-state index in [0.717, 1.165) is 17.9 Å². The van der Waals surface area contributed by atoms with Crippen LogP contribution in [0.4, 0.5) is 0 Å². The lowest BCUT2D eigenvalue weighted by Gasteiger charge is -2.21. The third-order valence-corrected chi connectivity index (χ3v) is 4.87. The van der Waals surface area contributed by atoms with Crippen LogP contribution in [0.3, 0.4) is 0 Å². The normalized spacial score (nSPS) is 13.1. The maximum atomic E-state index is 5.85. The van der Waals surface area contributed by atoms with E-state index < -0.39 is 0 Å². The molecule has 0 aliphatic carbocycles. The summed E-state index contributed by atoms with van der Waals surface area (Å²) in [5.41, 5.74) is 2.25. The summed E-state index contributed by atoms with van der Waals surface area (Å²) in [5.74, 6) is 1.57. The van der Waals surface area contributed by atoms with Crippen molar-refractivity contribution in [3.63, 3.8) is 0 Å². The van der Waals surface area contributed by atoms with Crippen molar-refractivity contribution in [1.29, 1.82) is 0 Å². The van der Waals surface area contributed by atoms with Gasteiger partial charge in [-0.2, -0.15) is 0 Å². The first kappa shape index (κ1) is 14.4. The average Bonchev–Trinajstić information content (AvgIpc) is 3.07. The molecule has 3 rings (SSSR count). The number of furan rings is 1. The predicted molar refractivity (Wildman–Crippen MR) is 89.7 cm³/mol. The molecule has 0 saturated heterocycles. The molecule has 2 heterocycles. The predicted octanol–water partition coefficient (Wildman–Crippen LogP) is 5.29. The van der Waals surface area contributed by atoms with E-state index in [0.29, 0.717) is 12.0 Å². The van der Waals surface area contributed by atoms with Crippen LogP contribution >= 0.6 is 11.3 Å². The lowest BCUT2D eigenvalue weighted by molar-refractivity contribution is 0.415. The van der Waals surface area contributed by atoms with E-state index in [9.17, 15) is 0 Å². The van der Waals surface area contributed by atoms with Crippen molar-refractivity contribution in [2.24, 2.45) is 5.92 Å². The van der Waals surface area contributed by atoms with Crippen molar-refractivity contribution in [1.82, 2.24) is 5.32 Å². The first-order valence-electron chi connectivity index (χ1n) is 7.40. The van der Waals surface area contributed by atoms with Crippen molar-refractivity contribution in [2.45, 2.75) is 33.4 Å². The Morgan fingerprint density at radius 3 is 2.67 bits per heavy atom. The van der Waals surface area contributed by atoms with E-state index in [4.69, 9.17) is 4.42 Å². The van der Waals surface area contributed by atoms with Crippen LogP contribution in [-0.4, -0.2) is 0 Å². The number of rotatable bonds is 5. The summed E-state index contributed by atoms with van der Waals surface area (Å²) in [6, 6.07) is 13.0. The highest BCUT2D eigenvalue weighted by Crippen LogP contribution is 2.29. The number of aryl methyl sites for hydroxylation is 1. The van der Waals surface area contributed by atoms with Crippen LogP contribution in [-0.2, 0) is 6.54 Å². The molecule has 1 atom stereocenters. The summed E-state index contributed by atoms with van der Waals surface area (Å²) in [4.78, 5) is 1.40. The van der Waals surface area contributed by atoms with Gasteiger partial charge >= 0.3 is 0 Å². The number of fused-ring (bicyclic) bond motifs is 1. The Morgan fingerprint density at radius 1 is 1.14 bits per heavy atom. The Bertz CT molecular complexity index is 712. The standard InChI is InChI=1S/C18H21NOS/c1-12(2)18(17-9-6-10-21-17)19-11-15-13(3)20-16-8-5-4-7-14(15)16/h4-10,12,18-19H,11H2,1-3H3. The highest BCUT2D eigenvalue weighted by Gasteiger charge is 2.18. The van der Waals surface area contributed by atoms with Gasteiger partial charge in [-0.1, -0.05) is 38.1 Å². The van der Waals surface area contributed by atoms with Crippen LogP contribution < -0.4 is 5.32 Å². The fourth-order valence-electron chi connectivity index (χ4n) is 2.79. The van der Waals surface area contributed by atoms with Gasteiger partial charge in [-0.3, -0.25) is 0 Å². The van der Waals surface area contributed by atoms with Crippen LogP contribution in [0.2, 0.25) is 0 Å². The van der Waals surface area contributed by atoms with E-state index in [-0.39, 0.29) is 0 Å². The van der Waals surface area contributed by atoms with Gasteiger partial charge in [0.15, 0.2) is 0 Å². The zero-order valence-electron chi connectivity index (χ0n) is 12.7. The van der Waals surface area contributed by atoms with Crippen molar-refractivity contribution < 1.29 is 4.42 Å². The van der Waals surface area contributed by atoms with Crippen LogP contribution in [0.25, 0.3) is 11.0 Å². The average molecular weight is 299 g/mol. The van der Waals surface area contributed by atoms with Gasteiger partial charge in [0.2, 0.25) is 0 Å². The Labute approximate surface area is 129 Å². The summed E-state index contributed by atoms with van der Waals surface area (Å²) in [6.07, 6.45) is 0. The molecule has 0 aliphatic rings. The van der Waals surface area contributed by atoms with E-state index in [2.05, 4.69) is 48.8 Å². The number of thiophene rings is 1. The molecule has 0 amide bonds. The molecule has 2 aromatic heterocycles. The minimum Gasteiger partial charge on any atom is -0.461 e. The fraction of sp³-hybridized carbons (Fsp3) is 0.333. The second kappa shape index (κ2) is 6.04. The number of benzene rings is 1. The van der Waals surface area contributed by atoms with Crippen LogP contribution in [0.15, 0.2) is 46.2 Å². The lowest BCUT2D eigenvalue weighted by atomic mass is 10.0. The smallest absolute Gasteiger partial charge is 0.134 e. The van der Waals surface area contributed by atoms with Crippen molar-refractivity contribution in [2.75, 3.05) is 0 Å². The SMILES string of the molecule is Cc1oc2ccccc2c1CNC(c1cccs1)C(C)C. The molecule has 21 heavy (non-hydrogen) atoms. The third-order valence-electron chi connectivity index (χ3n) is 3.92. The van der Waals surface area contributed by atoms with Crippen LogP contribution in [0, 0.1) is 12.8 Å². The number of para-hydroxylation sites is 1. The minimum atomic E-state index is 0.387. The maximum absolute atomic E-state index is 5.85. The highest BCUT2D eigenvalue weighted by atomic mass is 32.1. The third kappa shape index (κ3) is 2.89. The molecule has 1 N–H and O–H groups in total. The first-order valence-corrected chi connectivity index (χ1v) is 8.28. The molecular formula is C18H21NOS. The second-order valence-electron chi connectivity index (χ2n) is 5.75. The number of hydrogen-bond donors (Lipinski definition) is 1. The molecule has 0 spiro atoms. The second-order valence-corrected chi connectivity index (χ2v) is 6.73. The van der Waals surface area contributed by atoms with Gasteiger partial charge in [-0.15, -0.1) is 11.3 Å². The van der Waals surface area contributed by atoms with Crippen LogP contribution in [0.1, 0.15) is 36.1 Å². The van der Waals surface area contributed by atoms with Crippen molar-refractivity contribution >= 4 is 22.3 Å². The molecule has 0 saturated carbocycles. The fourth-order valence-corrected chi connectivity index (χ4v) is 3.76. The summed E-state index contributed by atoms with van der Waals surface area (Å²) < 4.78 is 5.85. The molecule has 2 nitrogen and oxygen atoms in total. The van der Waals surface area contributed by atoms with Crippen molar-refractivity contribution in [3.05, 3.63) is 58.0 Å². The van der Waals surface area contributed by atoms with Gasteiger partial charge in [0.05, 0.1) is 0 Å². The Hall–Kier alpha value is -1.58.